The predicted molar refractivity (Wildman–Crippen MR) is 218 cm³/mol. The molecule has 3 N–H and O–H groups in total. The fourth-order valence-corrected chi connectivity index (χ4v) is 8.46. The van der Waals surface area contributed by atoms with Gasteiger partial charge in [-0.15, -0.1) is 0 Å². The van der Waals surface area contributed by atoms with Crippen LogP contribution in [-0.4, -0.2) is 90.7 Å². The van der Waals surface area contributed by atoms with Gasteiger partial charge < -0.3 is 29.7 Å². The number of ether oxygens (including phenoxy) is 1. The second-order valence-corrected chi connectivity index (χ2v) is 17.7. The van der Waals surface area contributed by atoms with E-state index in [9.17, 15) is 14.2 Å². The fourth-order valence-electron chi connectivity index (χ4n) is 7.16. The quantitative estimate of drug-likeness (QED) is 0.142. The topological polar surface area (TPSA) is 141 Å². The minimum atomic E-state index is -2.54. The third-order valence-corrected chi connectivity index (χ3v) is 11.9. The molecule has 2 aromatic heterocycles. The molecule has 7 rings (SSSR count). The van der Waals surface area contributed by atoms with Crippen LogP contribution in [-0.2, 0) is 4.57 Å². The van der Waals surface area contributed by atoms with Crippen molar-refractivity contribution in [3.63, 3.8) is 0 Å². The Kier molecular flexibility index (Phi) is 11.1. The minimum Gasteiger partial charge on any atom is -0.494 e. The molecule has 2 saturated heterocycles. The molecule has 0 bridgehead atoms. The summed E-state index contributed by atoms with van der Waals surface area (Å²) in [5, 5.41) is 7.59. The van der Waals surface area contributed by atoms with E-state index in [2.05, 4.69) is 46.4 Å². The van der Waals surface area contributed by atoms with Crippen LogP contribution in [0.1, 0.15) is 12.8 Å². The van der Waals surface area contributed by atoms with Gasteiger partial charge in [-0.3, -0.25) is 19.2 Å². The first kappa shape index (κ1) is 37.2. The Bertz CT molecular complexity index is 2260. The maximum Gasteiger partial charge on any atom is 0.332 e. The van der Waals surface area contributed by atoms with Crippen LogP contribution in [0.15, 0.2) is 94.8 Å². The molecule has 0 amide bonds. The zero-order valence-electron chi connectivity index (χ0n) is 30.7. The number of hydrogen-bond acceptors (Lipinski definition) is 11. The van der Waals surface area contributed by atoms with Crippen LogP contribution in [0.2, 0.25) is 5.02 Å². The number of halogens is 1. The van der Waals surface area contributed by atoms with E-state index < -0.39 is 18.4 Å². The van der Waals surface area contributed by atoms with Gasteiger partial charge in [0, 0.05) is 80.8 Å². The summed E-state index contributed by atoms with van der Waals surface area (Å²) in [4.78, 5) is 42.3. The highest BCUT2D eigenvalue weighted by Crippen LogP contribution is 2.39. The molecular formula is C39H45ClN9O4P. The van der Waals surface area contributed by atoms with E-state index in [-0.39, 0.29) is 0 Å². The molecule has 0 spiro atoms. The lowest BCUT2D eigenvalue weighted by Gasteiger charge is -2.40. The minimum absolute atomic E-state index is 0.344. The van der Waals surface area contributed by atoms with Gasteiger partial charge >= 0.3 is 5.69 Å². The number of aromatic amines is 1. The molecule has 282 valence electrons. The first-order valence-electron chi connectivity index (χ1n) is 18.1. The van der Waals surface area contributed by atoms with Crippen LogP contribution in [0, 0.1) is 5.92 Å². The number of H-pyrrole nitrogens is 1. The Balaban J connectivity index is 0.909. The van der Waals surface area contributed by atoms with Crippen molar-refractivity contribution in [1.82, 2.24) is 24.4 Å². The summed E-state index contributed by atoms with van der Waals surface area (Å²) in [6, 6.07) is 22.9. The van der Waals surface area contributed by atoms with Crippen LogP contribution in [0.4, 0.5) is 34.5 Å². The van der Waals surface area contributed by atoms with Crippen molar-refractivity contribution in [3.8, 4) is 11.4 Å². The number of hydrogen-bond donors (Lipinski definition) is 3. The molecule has 0 saturated carbocycles. The zero-order chi connectivity index (χ0) is 37.8. The molecule has 13 nitrogen and oxygen atoms in total. The highest BCUT2D eigenvalue weighted by Gasteiger charge is 2.25. The maximum absolute atomic E-state index is 12.9. The van der Waals surface area contributed by atoms with Gasteiger partial charge in [0.05, 0.1) is 30.4 Å². The number of piperazine rings is 1. The molecule has 4 heterocycles. The third-order valence-electron chi connectivity index (χ3n) is 10.1. The van der Waals surface area contributed by atoms with E-state index in [1.807, 2.05) is 60.7 Å². The number of nitrogens with one attached hydrogen (secondary N) is 3. The Morgan fingerprint density at radius 1 is 0.852 bits per heavy atom. The molecule has 2 aliphatic rings. The summed E-state index contributed by atoms with van der Waals surface area (Å²) in [7, 11) is -0.886. The number of para-hydroxylation sites is 1. The molecule has 0 radical (unpaired) electrons. The number of rotatable bonds is 11. The normalized spacial score (nSPS) is 15.6. The molecule has 0 unspecified atom stereocenters. The van der Waals surface area contributed by atoms with Crippen LogP contribution in [0.25, 0.3) is 5.69 Å². The van der Waals surface area contributed by atoms with E-state index in [4.69, 9.17) is 16.3 Å². The Hall–Kier alpha value is -5.10. The molecular weight excluding hydrogens is 725 g/mol. The number of methoxy groups -OCH3 is 1. The zero-order valence-corrected chi connectivity index (χ0v) is 32.3. The number of aromatic nitrogens is 4. The molecule has 0 aliphatic carbocycles. The van der Waals surface area contributed by atoms with Gasteiger partial charge in [0.25, 0.3) is 5.56 Å². The third kappa shape index (κ3) is 8.65. The van der Waals surface area contributed by atoms with E-state index in [0.29, 0.717) is 34.1 Å². The Morgan fingerprint density at radius 3 is 2.24 bits per heavy atom. The van der Waals surface area contributed by atoms with Crippen molar-refractivity contribution in [3.05, 3.63) is 111 Å². The highest BCUT2D eigenvalue weighted by molar-refractivity contribution is 7.70. The van der Waals surface area contributed by atoms with Gasteiger partial charge in [-0.05, 0) is 80.6 Å². The smallest absolute Gasteiger partial charge is 0.332 e. The van der Waals surface area contributed by atoms with Crippen LogP contribution in [0.5, 0.6) is 5.75 Å². The van der Waals surface area contributed by atoms with Crippen LogP contribution >= 0.6 is 18.7 Å². The highest BCUT2D eigenvalue weighted by atomic mass is 35.5. The standard InChI is InChI=1S/C39H45ClN9O4P/c1-53-34-24-30(12-13-32(34)43-38-41-25-31(40)37(45-38)42-33-6-4-5-7-35(33)54(2,3)52)48-22-20-46(21-23-48)26-27-14-17-47(18-15-27)28-8-10-29(11-9-28)49-19-16-36(50)44-39(49)51/h4-13,16,19,24-25,27H,14-15,17-18,20-23,26H2,1-3H3,(H,44,50,51)(H2,41,42,43,45). The Morgan fingerprint density at radius 2 is 1.54 bits per heavy atom. The van der Waals surface area contributed by atoms with E-state index in [1.54, 1.807) is 20.4 Å². The predicted octanol–water partition coefficient (Wildman–Crippen LogP) is 5.75. The molecule has 5 aromatic rings. The van der Waals surface area contributed by atoms with E-state index in [0.717, 1.165) is 86.7 Å². The molecule has 2 aliphatic heterocycles. The van der Waals surface area contributed by atoms with Gasteiger partial charge in [0.1, 0.15) is 17.9 Å². The monoisotopic (exact) mass is 769 g/mol. The second-order valence-electron chi connectivity index (χ2n) is 14.1. The Labute approximate surface area is 319 Å². The van der Waals surface area contributed by atoms with E-state index >= 15 is 0 Å². The van der Waals surface area contributed by atoms with Crippen molar-refractivity contribution >= 4 is 58.6 Å². The molecule has 15 heteroatoms. The van der Waals surface area contributed by atoms with Crippen molar-refractivity contribution in [2.45, 2.75) is 12.8 Å². The number of anilines is 6. The van der Waals surface area contributed by atoms with Crippen molar-refractivity contribution in [2.24, 2.45) is 5.92 Å². The first-order valence-corrected chi connectivity index (χ1v) is 21.1. The number of nitrogens with zero attached hydrogens (tertiary/aromatic N) is 6. The van der Waals surface area contributed by atoms with Gasteiger partial charge in [0.2, 0.25) is 5.95 Å². The van der Waals surface area contributed by atoms with Gasteiger partial charge in [-0.1, -0.05) is 23.7 Å². The summed E-state index contributed by atoms with van der Waals surface area (Å²) in [6.07, 6.45) is 5.30. The fraction of sp³-hybridized carbons (Fsp3) is 0.333. The average Bonchev–Trinajstić information content (AvgIpc) is 3.17. The molecule has 54 heavy (non-hydrogen) atoms. The molecule has 3 aromatic carbocycles. The lowest BCUT2D eigenvalue weighted by Crippen LogP contribution is -2.49. The average molecular weight is 770 g/mol. The van der Waals surface area contributed by atoms with Crippen molar-refractivity contribution in [2.75, 3.05) is 86.7 Å². The largest absolute Gasteiger partial charge is 0.494 e. The summed E-state index contributed by atoms with van der Waals surface area (Å²) in [6.45, 7) is 10.4. The van der Waals surface area contributed by atoms with Gasteiger partial charge in [-0.25, -0.2) is 9.78 Å². The number of benzene rings is 3. The second kappa shape index (κ2) is 16.1. The summed E-state index contributed by atoms with van der Waals surface area (Å²) < 4.78 is 20.1. The summed E-state index contributed by atoms with van der Waals surface area (Å²) >= 11 is 6.47. The van der Waals surface area contributed by atoms with Crippen LogP contribution in [0.3, 0.4) is 0 Å². The molecule has 2 fully saturated rings. The summed E-state index contributed by atoms with van der Waals surface area (Å²) in [5.74, 6) is 2.08. The van der Waals surface area contributed by atoms with Gasteiger partial charge in [0.15, 0.2) is 5.82 Å². The lowest BCUT2D eigenvalue weighted by molar-refractivity contribution is 0.201. The molecule has 0 atom stereocenters. The van der Waals surface area contributed by atoms with Crippen molar-refractivity contribution in [1.29, 1.82) is 0 Å². The first-order chi connectivity index (χ1) is 26.0. The van der Waals surface area contributed by atoms with E-state index in [1.165, 1.54) is 23.0 Å². The lowest BCUT2D eigenvalue weighted by atomic mass is 9.95. The van der Waals surface area contributed by atoms with Gasteiger partial charge in [-0.2, -0.15) is 4.98 Å². The summed E-state index contributed by atoms with van der Waals surface area (Å²) in [5.41, 5.74) is 3.54. The number of piperidine rings is 1. The SMILES string of the molecule is COc1cc(N2CCN(CC3CCN(c4ccc(-n5ccc(=O)[nH]c5=O)cc4)CC3)CC2)ccc1Nc1ncc(Cl)c(Nc2ccccc2P(C)(C)=O)n1. The maximum atomic E-state index is 12.9. The van der Waals surface area contributed by atoms with Crippen molar-refractivity contribution < 1.29 is 9.30 Å². The van der Waals surface area contributed by atoms with Crippen LogP contribution < -0.4 is 41.7 Å².